The Balaban J connectivity index is 1.73. The maximum absolute atomic E-state index is 11.0. The highest BCUT2D eigenvalue weighted by atomic mass is 32.1. The molecule has 2 aromatic heterocycles. The van der Waals surface area contributed by atoms with Gasteiger partial charge in [-0.3, -0.25) is 4.40 Å². The molecule has 2 atom stereocenters. The van der Waals surface area contributed by atoms with Crippen molar-refractivity contribution in [3.05, 3.63) is 23.1 Å². The van der Waals surface area contributed by atoms with E-state index in [-0.39, 0.29) is 6.10 Å². The van der Waals surface area contributed by atoms with Crippen LogP contribution in [-0.4, -0.2) is 14.5 Å². The summed E-state index contributed by atoms with van der Waals surface area (Å²) in [6.07, 6.45) is 9.54. The highest BCUT2D eigenvalue weighted by Crippen LogP contribution is 2.51. The average molecular weight is 290 g/mol. The lowest BCUT2D eigenvalue weighted by molar-refractivity contribution is 0.0995. The average Bonchev–Trinajstić information content (AvgIpc) is 2.86. The van der Waals surface area contributed by atoms with Crippen molar-refractivity contribution in [2.24, 2.45) is 11.3 Å². The van der Waals surface area contributed by atoms with Crippen molar-refractivity contribution < 1.29 is 5.11 Å². The molecule has 2 aliphatic rings. The van der Waals surface area contributed by atoms with Crippen LogP contribution in [0.25, 0.3) is 4.83 Å². The molecule has 2 aromatic rings. The van der Waals surface area contributed by atoms with Gasteiger partial charge < -0.3 is 5.11 Å². The first-order chi connectivity index (χ1) is 9.55. The number of aliphatic hydroxyl groups excluding tert-OH is 1. The molecule has 4 heteroatoms. The van der Waals surface area contributed by atoms with Gasteiger partial charge in [0.25, 0.3) is 0 Å². The normalized spacial score (nSPS) is 27.2. The first kappa shape index (κ1) is 12.8. The van der Waals surface area contributed by atoms with E-state index in [1.807, 2.05) is 23.9 Å². The summed E-state index contributed by atoms with van der Waals surface area (Å²) in [5.74, 6) is 1.10. The molecule has 2 aliphatic carbocycles. The summed E-state index contributed by atoms with van der Waals surface area (Å²) in [4.78, 5) is 6.84. The van der Waals surface area contributed by atoms with E-state index in [0.717, 1.165) is 18.5 Å². The Hall–Kier alpha value is -0.870. The minimum atomic E-state index is -0.324. The lowest BCUT2D eigenvalue weighted by Crippen LogP contribution is -2.15. The Morgan fingerprint density at radius 3 is 2.85 bits per heavy atom. The second kappa shape index (κ2) is 4.31. The van der Waals surface area contributed by atoms with Gasteiger partial charge in [-0.25, -0.2) is 4.98 Å². The third kappa shape index (κ3) is 2.01. The van der Waals surface area contributed by atoms with Crippen LogP contribution in [0.5, 0.6) is 0 Å². The van der Waals surface area contributed by atoms with Crippen LogP contribution in [-0.2, 0) is 0 Å². The molecule has 0 amide bonds. The summed E-state index contributed by atoms with van der Waals surface area (Å²) in [7, 11) is 0. The van der Waals surface area contributed by atoms with Gasteiger partial charge >= 0.3 is 0 Å². The summed E-state index contributed by atoms with van der Waals surface area (Å²) in [6.45, 7) is 4.64. The smallest absolute Gasteiger partial charge is 0.120 e. The summed E-state index contributed by atoms with van der Waals surface area (Å²) < 4.78 is 2.13. The molecule has 0 aliphatic heterocycles. The number of nitrogens with zero attached hydrogens (tertiary/aromatic N) is 2. The van der Waals surface area contributed by atoms with Crippen LogP contribution in [0, 0.1) is 11.3 Å². The van der Waals surface area contributed by atoms with Crippen LogP contribution >= 0.6 is 11.3 Å². The van der Waals surface area contributed by atoms with Gasteiger partial charge in [-0.15, -0.1) is 11.3 Å². The largest absolute Gasteiger partial charge is 0.387 e. The van der Waals surface area contributed by atoms with E-state index in [4.69, 9.17) is 0 Å². The van der Waals surface area contributed by atoms with Gasteiger partial charge in [0.1, 0.15) is 11.2 Å². The van der Waals surface area contributed by atoms with Gasteiger partial charge in [0, 0.05) is 4.88 Å². The van der Waals surface area contributed by atoms with Crippen molar-refractivity contribution in [3.8, 4) is 0 Å². The Morgan fingerprint density at radius 2 is 2.20 bits per heavy atom. The first-order valence-corrected chi connectivity index (χ1v) is 8.49. The van der Waals surface area contributed by atoms with Crippen LogP contribution < -0.4 is 0 Å². The lowest BCUT2D eigenvalue weighted by atomic mass is 9.88. The predicted molar refractivity (Wildman–Crippen MR) is 81.1 cm³/mol. The number of aromatic nitrogens is 2. The molecule has 3 nitrogen and oxygen atoms in total. The number of hydrogen-bond donors (Lipinski definition) is 1. The number of imidazole rings is 1. The zero-order chi connectivity index (χ0) is 13.9. The van der Waals surface area contributed by atoms with Crippen molar-refractivity contribution >= 4 is 16.2 Å². The van der Waals surface area contributed by atoms with Crippen LogP contribution in [0.1, 0.15) is 68.5 Å². The zero-order valence-electron chi connectivity index (χ0n) is 12.2. The van der Waals surface area contributed by atoms with Gasteiger partial charge in [-0.1, -0.05) is 13.8 Å². The Bertz CT molecular complexity index is 638. The highest BCUT2D eigenvalue weighted by Gasteiger charge is 2.39. The molecule has 0 radical (unpaired) electrons. The maximum Gasteiger partial charge on any atom is 0.120 e. The highest BCUT2D eigenvalue weighted by molar-refractivity contribution is 7.17. The van der Waals surface area contributed by atoms with Crippen molar-refractivity contribution in [1.29, 1.82) is 0 Å². The summed E-state index contributed by atoms with van der Waals surface area (Å²) >= 11 is 1.83. The molecule has 0 saturated heterocycles. The fourth-order valence-electron chi connectivity index (χ4n) is 3.73. The van der Waals surface area contributed by atoms with Crippen molar-refractivity contribution in [3.63, 3.8) is 0 Å². The number of aliphatic hydroxyl groups is 1. The number of hydrogen-bond acceptors (Lipinski definition) is 3. The quantitative estimate of drug-likeness (QED) is 0.922. The molecule has 2 heterocycles. The van der Waals surface area contributed by atoms with Crippen LogP contribution in [0.4, 0.5) is 0 Å². The topological polar surface area (TPSA) is 37.5 Å². The summed E-state index contributed by atoms with van der Waals surface area (Å²) in [5.41, 5.74) is 1.53. The van der Waals surface area contributed by atoms with E-state index >= 15 is 0 Å². The fraction of sp³-hybridized carbons (Fsp3) is 0.688. The molecule has 1 unspecified atom stereocenters. The molecule has 0 spiro atoms. The number of rotatable bonds is 3. The van der Waals surface area contributed by atoms with Crippen molar-refractivity contribution in [1.82, 2.24) is 9.38 Å². The van der Waals surface area contributed by atoms with Crippen LogP contribution in [0.2, 0.25) is 0 Å². The molecule has 108 valence electrons. The van der Waals surface area contributed by atoms with Crippen LogP contribution in [0.15, 0.2) is 12.5 Å². The minimum absolute atomic E-state index is 0.324. The van der Waals surface area contributed by atoms with E-state index < -0.39 is 0 Å². The minimum Gasteiger partial charge on any atom is -0.387 e. The fourth-order valence-corrected chi connectivity index (χ4v) is 5.04. The Labute approximate surface area is 123 Å². The molecule has 4 rings (SSSR count). The molecule has 0 aromatic carbocycles. The third-order valence-corrected chi connectivity index (χ3v) is 6.29. The van der Waals surface area contributed by atoms with E-state index in [9.17, 15) is 5.11 Å². The SMILES string of the molecule is CC1(C)CC[C@H](C(O)c2c(C3CC3)sc3cncn23)C1. The molecule has 20 heavy (non-hydrogen) atoms. The Kier molecular flexibility index (Phi) is 2.77. The second-order valence-corrected chi connectivity index (χ2v) is 8.40. The van der Waals surface area contributed by atoms with Gasteiger partial charge in [0.05, 0.1) is 18.0 Å². The van der Waals surface area contributed by atoms with Crippen molar-refractivity contribution in [2.75, 3.05) is 0 Å². The molecule has 1 N–H and O–H groups in total. The first-order valence-electron chi connectivity index (χ1n) is 7.68. The van der Waals surface area contributed by atoms with E-state index in [0.29, 0.717) is 17.3 Å². The standard InChI is InChI=1S/C16H22N2OS/c1-16(2)6-5-11(7-16)14(19)13-15(10-3-4-10)20-12-8-17-9-18(12)13/h8-11,14,19H,3-7H2,1-2H3/t11-,14?/m0/s1. The summed E-state index contributed by atoms with van der Waals surface area (Å²) in [6, 6.07) is 0. The van der Waals surface area contributed by atoms with Crippen LogP contribution in [0.3, 0.4) is 0 Å². The maximum atomic E-state index is 11.0. The van der Waals surface area contributed by atoms with Gasteiger partial charge in [0.2, 0.25) is 0 Å². The lowest BCUT2D eigenvalue weighted by Gasteiger charge is -2.22. The van der Waals surface area contributed by atoms with E-state index in [1.54, 1.807) is 0 Å². The molecular weight excluding hydrogens is 268 g/mol. The second-order valence-electron chi connectivity index (χ2n) is 7.34. The number of thiazole rings is 1. The monoisotopic (exact) mass is 290 g/mol. The Morgan fingerprint density at radius 1 is 1.40 bits per heavy atom. The van der Waals surface area contributed by atoms with Gasteiger partial charge in [-0.05, 0) is 49.4 Å². The zero-order valence-corrected chi connectivity index (χ0v) is 13.0. The van der Waals surface area contributed by atoms with E-state index in [1.165, 1.54) is 29.0 Å². The molecule has 0 bridgehead atoms. The molecule has 2 fully saturated rings. The van der Waals surface area contributed by atoms with E-state index in [2.05, 4.69) is 23.2 Å². The predicted octanol–water partition coefficient (Wildman–Crippen LogP) is 4.13. The third-order valence-electron chi connectivity index (χ3n) is 5.01. The summed E-state index contributed by atoms with van der Waals surface area (Å²) in [5, 5.41) is 11.0. The van der Waals surface area contributed by atoms with Gasteiger partial charge in [0.15, 0.2) is 0 Å². The number of fused-ring (bicyclic) bond motifs is 1. The molecular formula is C16H22N2OS. The van der Waals surface area contributed by atoms with Gasteiger partial charge in [-0.2, -0.15) is 0 Å². The molecule has 2 saturated carbocycles. The van der Waals surface area contributed by atoms with Crippen molar-refractivity contribution in [2.45, 2.75) is 58.0 Å².